The molecular formula is C14H11Br2N5. The molecule has 0 radical (unpaired) electrons. The normalized spacial score (nSPS) is 10.8. The molecular weight excluding hydrogens is 398 g/mol. The number of rotatable bonds is 2. The summed E-state index contributed by atoms with van der Waals surface area (Å²) in [6.07, 6.45) is 0. The molecule has 5 nitrogen and oxygen atoms in total. The lowest BCUT2D eigenvalue weighted by Crippen LogP contribution is -2.01. The van der Waals surface area contributed by atoms with Gasteiger partial charge < -0.3 is 5.73 Å². The van der Waals surface area contributed by atoms with E-state index in [9.17, 15) is 0 Å². The molecule has 0 aliphatic carbocycles. The van der Waals surface area contributed by atoms with Crippen LogP contribution < -0.4 is 5.73 Å². The number of aromatic nitrogens is 4. The second kappa shape index (κ2) is 5.57. The highest BCUT2D eigenvalue weighted by Gasteiger charge is 2.14. The van der Waals surface area contributed by atoms with E-state index in [1.54, 1.807) is 4.68 Å². The molecule has 2 aromatic carbocycles. The van der Waals surface area contributed by atoms with Crippen molar-refractivity contribution in [3.05, 3.63) is 50.9 Å². The topological polar surface area (TPSA) is 69.6 Å². The molecule has 106 valence electrons. The van der Waals surface area contributed by atoms with Gasteiger partial charge in [0.25, 0.3) is 0 Å². The predicted octanol–water partition coefficient (Wildman–Crippen LogP) is 3.74. The molecule has 21 heavy (non-hydrogen) atoms. The Labute approximate surface area is 138 Å². The van der Waals surface area contributed by atoms with Crippen molar-refractivity contribution in [2.75, 3.05) is 5.73 Å². The molecule has 3 aromatic rings. The van der Waals surface area contributed by atoms with Crippen molar-refractivity contribution in [2.45, 2.75) is 6.92 Å². The first-order valence-corrected chi connectivity index (χ1v) is 7.75. The van der Waals surface area contributed by atoms with E-state index in [1.165, 1.54) is 0 Å². The van der Waals surface area contributed by atoms with Gasteiger partial charge in [-0.25, -0.2) is 0 Å². The van der Waals surface area contributed by atoms with Crippen LogP contribution in [0.3, 0.4) is 0 Å². The molecule has 1 aromatic heterocycles. The lowest BCUT2D eigenvalue weighted by molar-refractivity contribution is 0.789. The number of hydrogen-bond acceptors (Lipinski definition) is 4. The summed E-state index contributed by atoms with van der Waals surface area (Å²) >= 11 is 6.96. The van der Waals surface area contributed by atoms with Gasteiger partial charge in [0.1, 0.15) is 0 Å². The monoisotopic (exact) mass is 407 g/mol. The highest BCUT2D eigenvalue weighted by atomic mass is 79.9. The maximum absolute atomic E-state index is 5.97. The maximum Gasteiger partial charge on any atom is 0.187 e. The van der Waals surface area contributed by atoms with Crippen LogP contribution in [0.4, 0.5) is 5.69 Å². The van der Waals surface area contributed by atoms with Crippen molar-refractivity contribution in [3.63, 3.8) is 0 Å². The minimum atomic E-state index is 0.643. The highest BCUT2D eigenvalue weighted by molar-refractivity contribution is 9.11. The summed E-state index contributed by atoms with van der Waals surface area (Å²) in [5.41, 5.74) is 9.45. The van der Waals surface area contributed by atoms with Crippen LogP contribution in [0.1, 0.15) is 5.56 Å². The molecule has 1 heterocycles. The number of nitrogens with two attached hydrogens (primary N) is 1. The highest BCUT2D eigenvalue weighted by Crippen LogP contribution is 2.28. The zero-order valence-electron chi connectivity index (χ0n) is 11.1. The third kappa shape index (κ3) is 2.71. The van der Waals surface area contributed by atoms with E-state index in [4.69, 9.17) is 5.73 Å². The Bertz CT molecular complexity index is 813. The van der Waals surface area contributed by atoms with Gasteiger partial charge in [0.05, 0.1) is 5.69 Å². The summed E-state index contributed by atoms with van der Waals surface area (Å²) in [4.78, 5) is 0. The van der Waals surface area contributed by atoms with Crippen LogP contribution in [0.15, 0.2) is 45.3 Å². The number of nitrogen functional groups attached to an aromatic ring is 1. The number of nitrogens with zero attached hydrogens (tertiary/aromatic N) is 4. The van der Waals surface area contributed by atoms with Gasteiger partial charge in [0.15, 0.2) is 5.82 Å². The van der Waals surface area contributed by atoms with Crippen LogP contribution in [0.2, 0.25) is 0 Å². The van der Waals surface area contributed by atoms with Crippen LogP contribution in [-0.4, -0.2) is 20.2 Å². The Balaban J connectivity index is 2.14. The van der Waals surface area contributed by atoms with Crippen molar-refractivity contribution in [3.8, 4) is 17.1 Å². The van der Waals surface area contributed by atoms with Crippen molar-refractivity contribution in [1.82, 2.24) is 20.2 Å². The standard InChI is InChI=1S/C14H11Br2N5/c1-8-2-3-9(6-12(8)17)14-18-19-20-21(14)13-5-4-10(15)7-11(13)16/h2-7H,17H2,1H3. The number of hydrogen-bond donors (Lipinski definition) is 1. The van der Waals surface area contributed by atoms with Gasteiger partial charge in [-0.05, 0) is 63.1 Å². The quantitative estimate of drug-likeness (QED) is 0.655. The lowest BCUT2D eigenvalue weighted by atomic mass is 10.1. The Morgan fingerprint density at radius 1 is 1.10 bits per heavy atom. The molecule has 0 fully saturated rings. The number of anilines is 1. The summed E-state index contributed by atoms with van der Waals surface area (Å²) in [5.74, 6) is 0.643. The number of tetrazole rings is 1. The molecule has 2 N–H and O–H groups in total. The van der Waals surface area contributed by atoms with E-state index in [0.717, 1.165) is 31.4 Å². The average molecular weight is 409 g/mol. The summed E-state index contributed by atoms with van der Waals surface area (Å²) in [7, 11) is 0. The van der Waals surface area contributed by atoms with Crippen LogP contribution in [0, 0.1) is 6.92 Å². The van der Waals surface area contributed by atoms with Gasteiger partial charge >= 0.3 is 0 Å². The smallest absolute Gasteiger partial charge is 0.187 e. The molecule has 0 aliphatic rings. The SMILES string of the molecule is Cc1ccc(-c2nnnn2-c2ccc(Br)cc2Br)cc1N. The summed E-state index contributed by atoms with van der Waals surface area (Å²) in [5, 5.41) is 12.0. The van der Waals surface area contributed by atoms with Crippen LogP contribution >= 0.6 is 31.9 Å². The average Bonchev–Trinajstić information content (AvgIpc) is 2.91. The molecule has 0 unspecified atom stereocenters. The van der Waals surface area contributed by atoms with Gasteiger partial charge in [-0.2, -0.15) is 4.68 Å². The zero-order chi connectivity index (χ0) is 15.0. The molecule has 0 aliphatic heterocycles. The summed E-state index contributed by atoms with van der Waals surface area (Å²) in [6.45, 7) is 1.97. The number of benzene rings is 2. The molecule has 0 bridgehead atoms. The first-order chi connectivity index (χ1) is 10.1. The molecule has 0 atom stereocenters. The fourth-order valence-corrected chi connectivity index (χ4v) is 3.18. The Morgan fingerprint density at radius 2 is 1.90 bits per heavy atom. The van der Waals surface area contributed by atoms with Crippen LogP contribution in [-0.2, 0) is 0 Å². The van der Waals surface area contributed by atoms with E-state index < -0.39 is 0 Å². The molecule has 0 saturated heterocycles. The van der Waals surface area contributed by atoms with Gasteiger partial charge in [-0.3, -0.25) is 0 Å². The number of halogens is 2. The molecule has 7 heteroatoms. The Morgan fingerprint density at radius 3 is 2.62 bits per heavy atom. The molecule has 3 rings (SSSR count). The summed E-state index contributed by atoms with van der Waals surface area (Å²) < 4.78 is 3.55. The fraction of sp³-hybridized carbons (Fsp3) is 0.0714. The lowest BCUT2D eigenvalue weighted by Gasteiger charge is -2.08. The Hall–Kier alpha value is -1.73. The third-order valence-electron chi connectivity index (χ3n) is 3.14. The van der Waals surface area contributed by atoms with E-state index in [1.807, 2.05) is 43.3 Å². The van der Waals surface area contributed by atoms with Crippen LogP contribution in [0.5, 0.6) is 0 Å². The molecule has 0 spiro atoms. The minimum Gasteiger partial charge on any atom is -0.398 e. The predicted molar refractivity (Wildman–Crippen MR) is 89.1 cm³/mol. The summed E-state index contributed by atoms with van der Waals surface area (Å²) in [6, 6.07) is 11.6. The Kier molecular flexibility index (Phi) is 3.77. The van der Waals surface area contributed by atoms with Gasteiger partial charge in [-0.15, -0.1) is 5.10 Å². The first-order valence-electron chi connectivity index (χ1n) is 6.16. The first kappa shape index (κ1) is 14.2. The van der Waals surface area contributed by atoms with E-state index in [0.29, 0.717) is 5.82 Å². The third-order valence-corrected chi connectivity index (χ3v) is 4.27. The zero-order valence-corrected chi connectivity index (χ0v) is 14.3. The van der Waals surface area contributed by atoms with Crippen molar-refractivity contribution in [2.24, 2.45) is 0 Å². The van der Waals surface area contributed by atoms with Crippen molar-refractivity contribution >= 4 is 37.5 Å². The van der Waals surface area contributed by atoms with Crippen LogP contribution in [0.25, 0.3) is 17.1 Å². The van der Waals surface area contributed by atoms with Crippen molar-refractivity contribution in [1.29, 1.82) is 0 Å². The van der Waals surface area contributed by atoms with Gasteiger partial charge in [0, 0.05) is 20.2 Å². The van der Waals surface area contributed by atoms with E-state index in [-0.39, 0.29) is 0 Å². The minimum absolute atomic E-state index is 0.643. The number of aryl methyl sites for hydroxylation is 1. The van der Waals surface area contributed by atoms with Gasteiger partial charge in [-0.1, -0.05) is 28.1 Å². The van der Waals surface area contributed by atoms with E-state index >= 15 is 0 Å². The van der Waals surface area contributed by atoms with Gasteiger partial charge in [0.2, 0.25) is 0 Å². The maximum atomic E-state index is 5.97. The fourth-order valence-electron chi connectivity index (χ4n) is 1.96. The second-order valence-electron chi connectivity index (χ2n) is 4.58. The molecule has 0 saturated carbocycles. The largest absolute Gasteiger partial charge is 0.398 e. The van der Waals surface area contributed by atoms with Crippen molar-refractivity contribution < 1.29 is 0 Å². The van der Waals surface area contributed by atoms with E-state index in [2.05, 4.69) is 47.4 Å². The molecule has 0 amide bonds. The second-order valence-corrected chi connectivity index (χ2v) is 6.35.